The van der Waals surface area contributed by atoms with Gasteiger partial charge < -0.3 is 10.1 Å². The van der Waals surface area contributed by atoms with Crippen LogP contribution in [0, 0.1) is 0 Å². The number of nitrogens with one attached hydrogen (secondary N) is 1. The summed E-state index contributed by atoms with van der Waals surface area (Å²) in [6, 6.07) is 12.9. The normalized spacial score (nSPS) is 12.1. The largest absolute Gasteiger partial charge is 0.497 e. The quantitative estimate of drug-likeness (QED) is 0.808. The summed E-state index contributed by atoms with van der Waals surface area (Å²) in [4.78, 5) is 4.18. The molecule has 1 aromatic carbocycles. The predicted octanol–water partition coefficient (Wildman–Crippen LogP) is 3.24. The molecule has 0 aliphatic heterocycles. The molecule has 0 aliphatic rings. The standard InChI is InChI=1S/C18H24N2O/c1-3-20-17(10-9-15-7-5-11-19-14-15)12-16-6-4-8-18(13-16)21-2/h4-8,11,13-14,17,20H,3,9-10,12H2,1-2H3. The van der Waals surface area contributed by atoms with Gasteiger partial charge >= 0.3 is 0 Å². The second-order valence-electron chi connectivity index (χ2n) is 5.21. The minimum atomic E-state index is 0.474. The van der Waals surface area contributed by atoms with Crippen molar-refractivity contribution in [2.75, 3.05) is 13.7 Å². The number of rotatable bonds is 8. The molecule has 0 fully saturated rings. The van der Waals surface area contributed by atoms with Crippen LogP contribution in [-0.2, 0) is 12.8 Å². The van der Waals surface area contributed by atoms with Crippen LogP contribution in [0.5, 0.6) is 5.75 Å². The summed E-state index contributed by atoms with van der Waals surface area (Å²) < 4.78 is 5.30. The number of ether oxygens (including phenoxy) is 1. The second-order valence-corrected chi connectivity index (χ2v) is 5.21. The van der Waals surface area contributed by atoms with Crippen molar-refractivity contribution in [2.24, 2.45) is 0 Å². The molecule has 1 atom stereocenters. The Kier molecular flexibility index (Phi) is 6.22. The molecule has 0 saturated heterocycles. The van der Waals surface area contributed by atoms with E-state index >= 15 is 0 Å². The van der Waals surface area contributed by atoms with Crippen molar-refractivity contribution >= 4 is 0 Å². The summed E-state index contributed by atoms with van der Waals surface area (Å²) >= 11 is 0. The molecule has 1 aromatic heterocycles. The average Bonchev–Trinajstić information content (AvgIpc) is 2.54. The molecule has 0 spiro atoms. The van der Waals surface area contributed by atoms with Crippen molar-refractivity contribution in [1.82, 2.24) is 10.3 Å². The fraction of sp³-hybridized carbons (Fsp3) is 0.389. The first-order valence-electron chi connectivity index (χ1n) is 7.57. The maximum Gasteiger partial charge on any atom is 0.119 e. The maximum absolute atomic E-state index is 5.30. The lowest BCUT2D eigenvalue weighted by atomic mass is 9.99. The van der Waals surface area contributed by atoms with Gasteiger partial charge in [0.1, 0.15) is 5.75 Å². The van der Waals surface area contributed by atoms with Crippen LogP contribution in [0.4, 0.5) is 0 Å². The highest BCUT2D eigenvalue weighted by Crippen LogP contribution is 2.15. The first kappa shape index (κ1) is 15.5. The fourth-order valence-electron chi connectivity index (χ4n) is 2.54. The van der Waals surface area contributed by atoms with Gasteiger partial charge in [0.2, 0.25) is 0 Å². The van der Waals surface area contributed by atoms with Crippen molar-refractivity contribution < 1.29 is 4.74 Å². The van der Waals surface area contributed by atoms with E-state index in [1.807, 2.05) is 24.5 Å². The first-order chi connectivity index (χ1) is 10.3. The van der Waals surface area contributed by atoms with Crippen molar-refractivity contribution in [3.05, 3.63) is 59.9 Å². The van der Waals surface area contributed by atoms with Crippen molar-refractivity contribution in [3.8, 4) is 5.75 Å². The Bertz CT molecular complexity index is 528. The summed E-state index contributed by atoms with van der Waals surface area (Å²) in [7, 11) is 1.71. The molecule has 3 nitrogen and oxygen atoms in total. The van der Waals surface area contributed by atoms with Gasteiger partial charge in [0.05, 0.1) is 7.11 Å². The Morgan fingerprint density at radius 1 is 1.19 bits per heavy atom. The number of aromatic nitrogens is 1. The van der Waals surface area contributed by atoms with Crippen molar-refractivity contribution in [2.45, 2.75) is 32.2 Å². The molecule has 0 saturated carbocycles. The molecule has 1 heterocycles. The summed E-state index contributed by atoms with van der Waals surface area (Å²) in [5.41, 5.74) is 2.61. The molecule has 0 amide bonds. The highest BCUT2D eigenvalue weighted by atomic mass is 16.5. The van der Waals surface area contributed by atoms with Gasteiger partial charge in [0.25, 0.3) is 0 Å². The van der Waals surface area contributed by atoms with Crippen LogP contribution in [0.2, 0.25) is 0 Å². The Morgan fingerprint density at radius 2 is 2.05 bits per heavy atom. The summed E-state index contributed by atoms with van der Waals surface area (Å²) in [6.07, 6.45) is 6.95. The van der Waals surface area contributed by atoms with Gasteiger partial charge in [-0.05, 0) is 55.1 Å². The number of nitrogens with zero attached hydrogens (tertiary/aromatic N) is 1. The van der Waals surface area contributed by atoms with Gasteiger partial charge in [0, 0.05) is 18.4 Å². The highest BCUT2D eigenvalue weighted by molar-refractivity contribution is 5.29. The highest BCUT2D eigenvalue weighted by Gasteiger charge is 2.09. The third-order valence-electron chi connectivity index (χ3n) is 3.61. The first-order valence-corrected chi connectivity index (χ1v) is 7.57. The zero-order chi connectivity index (χ0) is 14.9. The third kappa shape index (κ3) is 5.20. The monoisotopic (exact) mass is 284 g/mol. The molecule has 0 bridgehead atoms. The van der Waals surface area contributed by atoms with E-state index in [1.165, 1.54) is 11.1 Å². The number of benzene rings is 1. The van der Waals surface area contributed by atoms with E-state index in [1.54, 1.807) is 7.11 Å². The lowest BCUT2D eigenvalue weighted by molar-refractivity contribution is 0.413. The predicted molar refractivity (Wildman–Crippen MR) is 86.7 cm³/mol. The molecule has 0 aliphatic carbocycles. The zero-order valence-electron chi connectivity index (χ0n) is 12.9. The van der Waals surface area contributed by atoms with E-state index < -0.39 is 0 Å². The Morgan fingerprint density at radius 3 is 2.76 bits per heavy atom. The number of hydrogen-bond donors (Lipinski definition) is 1. The van der Waals surface area contributed by atoms with Crippen LogP contribution < -0.4 is 10.1 Å². The van der Waals surface area contributed by atoms with E-state index in [9.17, 15) is 0 Å². The van der Waals surface area contributed by atoms with E-state index in [0.717, 1.165) is 31.6 Å². The molecule has 1 N–H and O–H groups in total. The molecule has 112 valence electrons. The molecule has 1 unspecified atom stereocenters. The second kappa shape index (κ2) is 8.42. The molecule has 2 aromatic rings. The molecule has 21 heavy (non-hydrogen) atoms. The van der Waals surface area contributed by atoms with Crippen LogP contribution in [0.15, 0.2) is 48.8 Å². The Balaban J connectivity index is 1.94. The van der Waals surface area contributed by atoms with Gasteiger partial charge in [-0.25, -0.2) is 0 Å². The minimum Gasteiger partial charge on any atom is -0.497 e. The average molecular weight is 284 g/mol. The number of aryl methyl sites for hydroxylation is 1. The van der Waals surface area contributed by atoms with Gasteiger partial charge in [-0.15, -0.1) is 0 Å². The molecule has 0 radical (unpaired) electrons. The summed E-state index contributed by atoms with van der Waals surface area (Å²) in [5, 5.41) is 3.58. The lowest BCUT2D eigenvalue weighted by Crippen LogP contribution is -2.31. The Labute approximate surface area is 127 Å². The van der Waals surface area contributed by atoms with Crippen molar-refractivity contribution in [1.29, 1.82) is 0 Å². The molecule has 3 heteroatoms. The lowest BCUT2D eigenvalue weighted by Gasteiger charge is -2.18. The van der Waals surface area contributed by atoms with Crippen LogP contribution in [0.25, 0.3) is 0 Å². The fourth-order valence-corrected chi connectivity index (χ4v) is 2.54. The maximum atomic E-state index is 5.30. The molecular weight excluding hydrogens is 260 g/mol. The summed E-state index contributed by atoms with van der Waals surface area (Å²) in [5.74, 6) is 0.926. The van der Waals surface area contributed by atoms with E-state index in [4.69, 9.17) is 4.74 Å². The smallest absolute Gasteiger partial charge is 0.119 e. The van der Waals surface area contributed by atoms with Crippen molar-refractivity contribution in [3.63, 3.8) is 0 Å². The molecular formula is C18H24N2O. The number of likely N-dealkylation sites (N-methyl/N-ethyl adjacent to an activating group) is 1. The third-order valence-corrected chi connectivity index (χ3v) is 3.61. The van der Waals surface area contributed by atoms with E-state index in [2.05, 4.69) is 41.5 Å². The van der Waals surface area contributed by atoms with Gasteiger partial charge in [0.15, 0.2) is 0 Å². The van der Waals surface area contributed by atoms with Crippen LogP contribution in [0.1, 0.15) is 24.5 Å². The number of methoxy groups -OCH3 is 1. The van der Waals surface area contributed by atoms with Gasteiger partial charge in [-0.2, -0.15) is 0 Å². The SMILES string of the molecule is CCNC(CCc1cccnc1)Cc1cccc(OC)c1. The van der Waals surface area contributed by atoms with Gasteiger partial charge in [-0.3, -0.25) is 4.98 Å². The minimum absolute atomic E-state index is 0.474. The topological polar surface area (TPSA) is 34.2 Å². The number of pyridine rings is 1. The summed E-state index contributed by atoms with van der Waals surface area (Å²) in [6.45, 7) is 3.14. The molecule has 2 rings (SSSR count). The van der Waals surface area contributed by atoms with Crippen LogP contribution in [-0.4, -0.2) is 24.7 Å². The van der Waals surface area contributed by atoms with E-state index in [-0.39, 0.29) is 0 Å². The van der Waals surface area contributed by atoms with E-state index in [0.29, 0.717) is 6.04 Å². The van der Waals surface area contributed by atoms with Crippen LogP contribution in [0.3, 0.4) is 0 Å². The Hall–Kier alpha value is -1.87. The van der Waals surface area contributed by atoms with Gasteiger partial charge in [-0.1, -0.05) is 25.1 Å². The zero-order valence-corrected chi connectivity index (χ0v) is 12.9. The van der Waals surface area contributed by atoms with Crippen LogP contribution >= 0.6 is 0 Å². The number of hydrogen-bond acceptors (Lipinski definition) is 3.